The molecule has 0 aromatic carbocycles. The Morgan fingerprint density at radius 3 is 2.55 bits per heavy atom. The van der Waals surface area contributed by atoms with Crippen LogP contribution in [-0.4, -0.2) is 41.0 Å². The van der Waals surface area contributed by atoms with Crippen molar-refractivity contribution in [3.8, 4) is 0 Å². The van der Waals surface area contributed by atoms with Crippen LogP contribution in [0.4, 0.5) is 5.95 Å². The number of piperazine rings is 1. The predicted octanol–water partition coefficient (Wildman–Crippen LogP) is 0.850. The maximum Gasteiger partial charge on any atom is 0.225 e. The number of aromatic nitrogens is 2. The molecule has 3 rings (SSSR count). The van der Waals surface area contributed by atoms with Crippen LogP contribution in [0.5, 0.6) is 0 Å². The summed E-state index contributed by atoms with van der Waals surface area (Å²) < 4.78 is 5.51. The smallest absolute Gasteiger partial charge is 0.225 e. The van der Waals surface area contributed by atoms with Crippen molar-refractivity contribution in [2.75, 3.05) is 31.1 Å². The average Bonchev–Trinajstić information content (AvgIpc) is 2.97. The zero-order chi connectivity index (χ0) is 13.8. The van der Waals surface area contributed by atoms with E-state index in [0.717, 1.165) is 50.0 Å². The Hall–Kier alpha value is -1.92. The fraction of sp³-hybridized carbons (Fsp3) is 0.429. The summed E-state index contributed by atoms with van der Waals surface area (Å²) in [6, 6.07) is 3.87. The molecule has 0 atom stereocenters. The summed E-state index contributed by atoms with van der Waals surface area (Å²) in [5, 5.41) is 0. The van der Waals surface area contributed by atoms with Gasteiger partial charge in [0.1, 0.15) is 5.76 Å². The molecule has 0 radical (unpaired) electrons. The van der Waals surface area contributed by atoms with Crippen LogP contribution < -0.4 is 10.6 Å². The van der Waals surface area contributed by atoms with Gasteiger partial charge < -0.3 is 15.1 Å². The molecule has 1 fully saturated rings. The largest absolute Gasteiger partial charge is 0.468 e. The summed E-state index contributed by atoms with van der Waals surface area (Å²) in [7, 11) is 0. The zero-order valence-electron chi connectivity index (χ0n) is 11.4. The van der Waals surface area contributed by atoms with Gasteiger partial charge in [-0.2, -0.15) is 0 Å². The molecule has 0 aliphatic carbocycles. The van der Waals surface area contributed by atoms with Gasteiger partial charge >= 0.3 is 0 Å². The molecule has 2 aromatic heterocycles. The van der Waals surface area contributed by atoms with Crippen molar-refractivity contribution in [3.05, 3.63) is 42.1 Å². The molecule has 3 heterocycles. The summed E-state index contributed by atoms with van der Waals surface area (Å²) in [5.41, 5.74) is 6.64. The molecule has 0 spiro atoms. The molecule has 106 valence electrons. The standard InChI is InChI=1S/C14H19N5O/c15-9-12-8-13(20-11-12)10-18-4-6-19(7-5-18)14-16-2-1-3-17-14/h1-3,8,11H,4-7,9-10,15H2. The molecular formula is C14H19N5O. The predicted molar refractivity (Wildman–Crippen MR) is 76.1 cm³/mol. The topological polar surface area (TPSA) is 71.4 Å². The van der Waals surface area contributed by atoms with Gasteiger partial charge in [-0.25, -0.2) is 9.97 Å². The van der Waals surface area contributed by atoms with E-state index in [9.17, 15) is 0 Å². The van der Waals surface area contributed by atoms with Crippen LogP contribution in [0.1, 0.15) is 11.3 Å². The van der Waals surface area contributed by atoms with Crippen molar-refractivity contribution in [2.45, 2.75) is 13.1 Å². The van der Waals surface area contributed by atoms with Gasteiger partial charge in [-0.3, -0.25) is 4.90 Å². The Morgan fingerprint density at radius 1 is 1.15 bits per heavy atom. The quantitative estimate of drug-likeness (QED) is 0.890. The maximum atomic E-state index is 5.58. The highest BCUT2D eigenvalue weighted by Gasteiger charge is 2.19. The van der Waals surface area contributed by atoms with Crippen molar-refractivity contribution in [1.29, 1.82) is 0 Å². The number of hydrogen-bond acceptors (Lipinski definition) is 6. The van der Waals surface area contributed by atoms with E-state index in [1.807, 2.05) is 12.1 Å². The van der Waals surface area contributed by atoms with Crippen LogP contribution in [0, 0.1) is 0 Å². The Labute approximate surface area is 118 Å². The third-order valence-electron chi connectivity index (χ3n) is 3.53. The monoisotopic (exact) mass is 273 g/mol. The molecule has 0 amide bonds. The molecule has 2 N–H and O–H groups in total. The Kier molecular flexibility index (Phi) is 3.94. The molecule has 0 saturated carbocycles. The minimum absolute atomic E-state index is 0.530. The van der Waals surface area contributed by atoms with Crippen molar-refractivity contribution >= 4 is 5.95 Å². The molecule has 6 nitrogen and oxygen atoms in total. The van der Waals surface area contributed by atoms with E-state index >= 15 is 0 Å². The number of furan rings is 1. The summed E-state index contributed by atoms with van der Waals surface area (Å²) in [5.74, 6) is 1.80. The summed E-state index contributed by atoms with van der Waals surface area (Å²) >= 11 is 0. The first-order chi connectivity index (χ1) is 9.85. The van der Waals surface area contributed by atoms with Crippen LogP contribution in [0.3, 0.4) is 0 Å². The van der Waals surface area contributed by atoms with E-state index < -0.39 is 0 Å². The van der Waals surface area contributed by atoms with Gasteiger partial charge in [0.05, 0.1) is 12.8 Å². The number of nitrogens with two attached hydrogens (primary N) is 1. The zero-order valence-corrected chi connectivity index (χ0v) is 11.4. The van der Waals surface area contributed by atoms with Crippen molar-refractivity contribution in [3.63, 3.8) is 0 Å². The molecule has 2 aromatic rings. The van der Waals surface area contributed by atoms with E-state index in [2.05, 4.69) is 19.8 Å². The third-order valence-corrected chi connectivity index (χ3v) is 3.53. The molecule has 20 heavy (non-hydrogen) atoms. The van der Waals surface area contributed by atoms with Gasteiger partial charge in [0.25, 0.3) is 0 Å². The molecule has 0 unspecified atom stereocenters. The van der Waals surface area contributed by atoms with E-state index in [1.54, 1.807) is 18.7 Å². The fourth-order valence-corrected chi connectivity index (χ4v) is 2.40. The molecule has 0 bridgehead atoms. The molecule has 1 aliphatic heterocycles. The SMILES string of the molecule is NCc1coc(CN2CCN(c3ncccn3)CC2)c1. The van der Waals surface area contributed by atoms with Crippen LogP contribution in [0.2, 0.25) is 0 Å². The minimum atomic E-state index is 0.530. The number of hydrogen-bond donors (Lipinski definition) is 1. The second-order valence-corrected chi connectivity index (χ2v) is 4.94. The summed E-state index contributed by atoms with van der Waals surface area (Å²) in [4.78, 5) is 13.2. The first-order valence-electron chi connectivity index (χ1n) is 6.86. The highest BCUT2D eigenvalue weighted by Crippen LogP contribution is 2.14. The van der Waals surface area contributed by atoms with Crippen LogP contribution in [-0.2, 0) is 13.1 Å². The first-order valence-corrected chi connectivity index (χ1v) is 6.86. The van der Waals surface area contributed by atoms with Crippen LogP contribution >= 0.6 is 0 Å². The first kappa shape index (κ1) is 13.1. The highest BCUT2D eigenvalue weighted by molar-refractivity contribution is 5.29. The second kappa shape index (κ2) is 6.02. The van der Waals surface area contributed by atoms with Gasteiger partial charge in [0, 0.05) is 50.7 Å². The normalized spacial score (nSPS) is 16.6. The highest BCUT2D eigenvalue weighted by atomic mass is 16.3. The summed E-state index contributed by atoms with van der Waals surface area (Å²) in [6.45, 7) is 5.21. The van der Waals surface area contributed by atoms with Gasteiger partial charge in [-0.15, -0.1) is 0 Å². The van der Waals surface area contributed by atoms with Crippen LogP contribution in [0.25, 0.3) is 0 Å². The lowest BCUT2D eigenvalue weighted by Crippen LogP contribution is -2.46. The number of anilines is 1. The van der Waals surface area contributed by atoms with Gasteiger partial charge in [0.15, 0.2) is 0 Å². The van der Waals surface area contributed by atoms with E-state index in [-0.39, 0.29) is 0 Å². The minimum Gasteiger partial charge on any atom is -0.468 e. The second-order valence-electron chi connectivity index (χ2n) is 4.94. The van der Waals surface area contributed by atoms with E-state index in [1.165, 1.54) is 0 Å². The molecular weight excluding hydrogens is 254 g/mol. The fourth-order valence-electron chi connectivity index (χ4n) is 2.40. The Balaban J connectivity index is 1.53. The Morgan fingerprint density at radius 2 is 1.90 bits per heavy atom. The number of nitrogens with zero attached hydrogens (tertiary/aromatic N) is 4. The van der Waals surface area contributed by atoms with Crippen molar-refractivity contribution in [2.24, 2.45) is 5.73 Å². The lowest BCUT2D eigenvalue weighted by molar-refractivity contribution is 0.229. The lowest BCUT2D eigenvalue weighted by Gasteiger charge is -2.34. The van der Waals surface area contributed by atoms with E-state index in [4.69, 9.17) is 10.2 Å². The maximum absolute atomic E-state index is 5.58. The Bertz CT molecular complexity index is 534. The summed E-state index contributed by atoms with van der Waals surface area (Å²) in [6.07, 6.45) is 5.31. The average molecular weight is 273 g/mol. The van der Waals surface area contributed by atoms with Crippen molar-refractivity contribution in [1.82, 2.24) is 14.9 Å². The third kappa shape index (κ3) is 2.97. The molecule has 1 saturated heterocycles. The molecule has 1 aliphatic rings. The van der Waals surface area contributed by atoms with Crippen LogP contribution in [0.15, 0.2) is 35.2 Å². The van der Waals surface area contributed by atoms with Gasteiger partial charge in [-0.1, -0.05) is 0 Å². The molecule has 6 heteroatoms. The van der Waals surface area contributed by atoms with Gasteiger partial charge in [-0.05, 0) is 12.1 Å². The number of rotatable bonds is 4. The van der Waals surface area contributed by atoms with Gasteiger partial charge in [0.2, 0.25) is 5.95 Å². The lowest BCUT2D eigenvalue weighted by atomic mass is 10.2. The van der Waals surface area contributed by atoms with Crippen molar-refractivity contribution < 1.29 is 4.42 Å². The van der Waals surface area contributed by atoms with E-state index in [0.29, 0.717) is 6.54 Å².